The number of benzene rings is 8. The molecular weight excluding hydrogens is 800 g/mol. The van der Waals surface area contributed by atoms with Gasteiger partial charge < -0.3 is 18.2 Å². The highest BCUT2D eigenvalue weighted by atomic mass is 32.1. The number of para-hydroxylation sites is 2. The average Bonchev–Trinajstić information content (AvgIpc) is 4.06. The van der Waals surface area contributed by atoms with Crippen LogP contribution in [0.4, 0.5) is 11.4 Å². The normalized spacial score (nSPS) is 13.7. The number of rotatable bonds is 2. The van der Waals surface area contributed by atoms with E-state index in [2.05, 4.69) is 203 Å². The highest BCUT2D eigenvalue weighted by molar-refractivity contribution is 7.32. The summed E-state index contributed by atoms with van der Waals surface area (Å²) >= 11 is 1.94. The van der Waals surface area contributed by atoms with E-state index >= 15 is 0 Å². The molecule has 4 nitrogen and oxygen atoms in total. The molecule has 6 heteroatoms. The van der Waals surface area contributed by atoms with Gasteiger partial charge in [-0.25, -0.2) is 0 Å². The van der Waals surface area contributed by atoms with Crippen LogP contribution in [0.1, 0.15) is 52.7 Å². The molecule has 0 spiro atoms. The highest BCUT2D eigenvalue weighted by Gasteiger charge is 2.48. The van der Waals surface area contributed by atoms with Crippen LogP contribution in [0.25, 0.3) is 104 Å². The predicted molar refractivity (Wildman–Crippen MR) is 273 cm³/mol. The van der Waals surface area contributed by atoms with Gasteiger partial charge in [0.05, 0.1) is 16.7 Å². The Morgan fingerprint density at radius 2 is 1.23 bits per heavy atom. The maximum absolute atomic E-state index is 7.27. The first-order chi connectivity index (χ1) is 31.0. The Balaban J connectivity index is 1.21. The molecule has 0 amide bonds. The molecule has 2 aliphatic heterocycles. The van der Waals surface area contributed by atoms with Crippen molar-refractivity contribution in [2.45, 2.75) is 52.4 Å². The van der Waals surface area contributed by atoms with Crippen molar-refractivity contribution in [3.8, 4) is 27.9 Å². The van der Waals surface area contributed by atoms with Crippen molar-refractivity contribution >= 4 is 116 Å². The maximum atomic E-state index is 7.27. The molecule has 0 bridgehead atoms. The third kappa shape index (κ3) is 4.79. The smallest absolute Gasteiger partial charge is 0.343 e. The molecule has 0 unspecified atom stereocenters. The van der Waals surface area contributed by atoms with Gasteiger partial charge in [0.1, 0.15) is 22.3 Å². The first-order valence-electron chi connectivity index (χ1n) is 22.4. The summed E-state index contributed by atoms with van der Waals surface area (Å²) in [5.41, 5.74) is 18.2. The number of fused-ring (bicyclic) bond motifs is 18. The zero-order valence-corrected chi connectivity index (χ0v) is 37.4. The Kier molecular flexibility index (Phi) is 7.05. The van der Waals surface area contributed by atoms with Crippen molar-refractivity contribution < 1.29 is 8.83 Å². The van der Waals surface area contributed by atoms with Gasteiger partial charge in [-0.3, -0.25) is 0 Å². The molecular formula is C58H43BN2O2S. The summed E-state index contributed by atoms with van der Waals surface area (Å²) in [5.74, 6) is 0. The van der Waals surface area contributed by atoms with Crippen molar-refractivity contribution in [2.75, 3.05) is 4.81 Å². The number of anilines is 2. The zero-order valence-electron chi connectivity index (χ0n) is 36.6. The summed E-state index contributed by atoms with van der Waals surface area (Å²) in [5, 5.41) is 8.32. The molecule has 6 heterocycles. The molecule has 0 fully saturated rings. The van der Waals surface area contributed by atoms with Crippen LogP contribution in [0.15, 0.2) is 160 Å². The van der Waals surface area contributed by atoms with Gasteiger partial charge in [0.2, 0.25) is 0 Å². The van der Waals surface area contributed by atoms with Gasteiger partial charge in [0.15, 0.2) is 0 Å². The summed E-state index contributed by atoms with van der Waals surface area (Å²) in [6.07, 6.45) is 0. The van der Waals surface area contributed by atoms with E-state index in [0.717, 1.165) is 61.0 Å². The largest absolute Gasteiger partial charge is 0.456 e. The molecule has 12 aromatic rings. The van der Waals surface area contributed by atoms with Gasteiger partial charge in [-0.05, 0) is 93.1 Å². The van der Waals surface area contributed by atoms with E-state index in [0.29, 0.717) is 0 Å². The molecule has 2 aliphatic rings. The lowest BCUT2D eigenvalue weighted by Gasteiger charge is -2.41. The Morgan fingerprint density at radius 3 is 2.00 bits per heavy atom. The second-order valence-electron chi connectivity index (χ2n) is 20.1. The summed E-state index contributed by atoms with van der Waals surface area (Å²) in [6.45, 7) is 13.7. The minimum Gasteiger partial charge on any atom is -0.456 e. The highest BCUT2D eigenvalue weighted by Crippen LogP contribution is 2.54. The van der Waals surface area contributed by atoms with Crippen molar-refractivity contribution in [1.82, 2.24) is 4.57 Å². The topological polar surface area (TPSA) is 34.5 Å². The molecule has 0 aliphatic carbocycles. The number of thiophene rings is 1. The molecule has 306 valence electrons. The van der Waals surface area contributed by atoms with Crippen molar-refractivity contribution in [3.63, 3.8) is 0 Å². The van der Waals surface area contributed by atoms with Crippen LogP contribution in [0.3, 0.4) is 0 Å². The van der Waals surface area contributed by atoms with Crippen LogP contribution in [0.2, 0.25) is 0 Å². The minimum absolute atomic E-state index is 0.0126. The predicted octanol–water partition coefficient (Wildman–Crippen LogP) is 15.3. The van der Waals surface area contributed by atoms with Crippen LogP contribution < -0.4 is 15.1 Å². The van der Waals surface area contributed by atoms with E-state index in [1.54, 1.807) is 0 Å². The Morgan fingerprint density at radius 1 is 0.531 bits per heavy atom. The summed E-state index contributed by atoms with van der Waals surface area (Å²) in [6, 6.07) is 56.3. The van der Waals surface area contributed by atoms with Crippen molar-refractivity contribution in [1.29, 1.82) is 0 Å². The first kappa shape index (κ1) is 36.5. The first-order valence-corrected chi connectivity index (χ1v) is 23.3. The van der Waals surface area contributed by atoms with Gasteiger partial charge in [-0.15, -0.1) is 11.3 Å². The maximum Gasteiger partial charge on any atom is 0.343 e. The summed E-state index contributed by atoms with van der Waals surface area (Å²) in [4.78, 5) is 2.65. The summed E-state index contributed by atoms with van der Waals surface area (Å²) < 4.78 is 19.2. The fourth-order valence-electron chi connectivity index (χ4n) is 11.2. The van der Waals surface area contributed by atoms with Gasteiger partial charge >= 0.3 is 6.85 Å². The van der Waals surface area contributed by atoms with Gasteiger partial charge in [-0.2, -0.15) is 0 Å². The number of furan rings is 2. The SMILES string of the molecule is CC(C)(C)c1ccc(N2B3c4sc5cc(-c6ccccc6)ccc5c4-n4c5ccc(C(C)(C)C)cc5c5c6c(oc7ccccc76)c(c3c54)-c3cc4oc5ccccc5c4cc32)cc1. The third-order valence-electron chi connectivity index (χ3n) is 14.3. The number of nitrogens with zero attached hydrogens (tertiary/aromatic N) is 2. The number of hydrogen-bond acceptors (Lipinski definition) is 4. The molecule has 14 rings (SSSR count). The van der Waals surface area contributed by atoms with Crippen LogP contribution in [0, 0.1) is 0 Å². The zero-order chi connectivity index (χ0) is 43.0. The van der Waals surface area contributed by atoms with Crippen LogP contribution in [0.5, 0.6) is 0 Å². The second kappa shape index (κ2) is 12.4. The Bertz CT molecular complexity index is 3980. The molecule has 0 saturated carbocycles. The number of aromatic nitrogens is 1. The fraction of sp³-hybridized carbons (Fsp3) is 0.138. The van der Waals surface area contributed by atoms with Crippen molar-refractivity contribution in [3.05, 3.63) is 163 Å². The third-order valence-corrected chi connectivity index (χ3v) is 15.5. The van der Waals surface area contributed by atoms with E-state index in [4.69, 9.17) is 8.83 Å². The van der Waals surface area contributed by atoms with Gasteiger partial charge in [0.25, 0.3) is 0 Å². The van der Waals surface area contributed by atoms with E-state index < -0.39 is 0 Å². The molecule has 0 atom stereocenters. The number of hydrogen-bond donors (Lipinski definition) is 0. The van der Waals surface area contributed by atoms with Crippen LogP contribution in [-0.2, 0) is 10.8 Å². The molecule has 4 aromatic heterocycles. The molecule has 64 heavy (non-hydrogen) atoms. The lowest BCUT2D eigenvalue weighted by Crippen LogP contribution is -2.59. The van der Waals surface area contributed by atoms with Crippen LogP contribution in [-0.4, -0.2) is 11.4 Å². The molecule has 8 aromatic carbocycles. The quantitative estimate of drug-likeness (QED) is 0.163. The molecule has 0 saturated heterocycles. The van der Waals surface area contributed by atoms with E-state index in [1.165, 1.54) is 75.5 Å². The Hall–Kier alpha value is -7.02. The molecule has 0 radical (unpaired) electrons. The standard InChI is InChI=1S/C58H43BN2O2S/c1-57(2,3)34-21-24-36(25-22-34)61-44-30-40-37-16-10-12-18-45(37)62-47(40)31-42(44)51-52-54-49(50-38-17-11-13-19-46(38)63-55(50)51)41-29-35(58(4,5)6)23-27-43(41)60(54)53-39-26-20-33(32-14-8-7-9-15-32)28-48(39)64-56(53)59(52)61/h7-31H,1-6H3. The van der Waals surface area contributed by atoms with E-state index in [1.807, 2.05) is 11.3 Å². The van der Waals surface area contributed by atoms with E-state index in [-0.39, 0.29) is 17.7 Å². The summed E-state index contributed by atoms with van der Waals surface area (Å²) in [7, 11) is 0. The minimum atomic E-state index is -0.162. The Labute approximate surface area is 375 Å². The molecule has 0 N–H and O–H groups in total. The monoisotopic (exact) mass is 842 g/mol. The fourth-order valence-corrected chi connectivity index (χ4v) is 12.5. The van der Waals surface area contributed by atoms with Gasteiger partial charge in [-0.1, -0.05) is 139 Å². The lowest BCUT2D eigenvalue weighted by atomic mass is 9.47. The van der Waals surface area contributed by atoms with Crippen LogP contribution >= 0.6 is 11.3 Å². The van der Waals surface area contributed by atoms with Gasteiger partial charge in [0, 0.05) is 69.7 Å². The second-order valence-corrected chi connectivity index (χ2v) is 21.1. The van der Waals surface area contributed by atoms with Crippen molar-refractivity contribution in [2.24, 2.45) is 0 Å². The van der Waals surface area contributed by atoms with E-state index in [9.17, 15) is 0 Å². The lowest BCUT2D eigenvalue weighted by molar-refractivity contribution is 0.590. The average molecular weight is 843 g/mol.